The number of hydrogen-bond donors (Lipinski definition) is 3. The molecule has 2 aromatic carbocycles. The highest BCUT2D eigenvalue weighted by Gasteiger charge is 2.78. The number of hydrogen-bond acceptors (Lipinski definition) is 5. The lowest BCUT2D eigenvalue weighted by molar-refractivity contribution is -0.146. The molecule has 0 aromatic heterocycles. The number of aliphatic hydroxyl groups excluding tert-OH is 1. The van der Waals surface area contributed by atoms with Gasteiger partial charge in [-0.2, -0.15) is 0 Å². The Morgan fingerprint density at radius 2 is 1.89 bits per heavy atom. The standard InChI is InChI=1S/C29H34ClN3O5/c1-3-28-13-14-29(38-28)22(21(28)25(35)31-17-19-10-5-4-6-11-19)27(37)33(15-8-16-34)24(29)26(36)32-23-18(2)9-7-12-20(23)30/h4-7,9-12,21-22,24,34H,3,8,13-17H2,1-2H3,(H,31,35)(H,32,36)/t21-,22+,24?,28+,29?/m1/s1. The van der Waals surface area contributed by atoms with Crippen molar-refractivity contribution in [2.24, 2.45) is 11.8 Å². The van der Waals surface area contributed by atoms with E-state index in [1.807, 2.05) is 50.2 Å². The number of carbonyl (C=O) groups is 3. The Hall–Kier alpha value is -2.94. The van der Waals surface area contributed by atoms with Gasteiger partial charge >= 0.3 is 0 Å². The second kappa shape index (κ2) is 10.3. The molecular formula is C29H34ClN3O5. The van der Waals surface area contributed by atoms with E-state index in [-0.39, 0.29) is 25.0 Å². The van der Waals surface area contributed by atoms with Gasteiger partial charge in [0.05, 0.1) is 28.1 Å². The van der Waals surface area contributed by atoms with Crippen LogP contribution >= 0.6 is 11.6 Å². The monoisotopic (exact) mass is 539 g/mol. The van der Waals surface area contributed by atoms with Crippen LogP contribution in [0.15, 0.2) is 48.5 Å². The van der Waals surface area contributed by atoms with Crippen LogP contribution in [0.3, 0.4) is 0 Å². The van der Waals surface area contributed by atoms with Crippen LogP contribution in [-0.4, -0.2) is 58.1 Å². The van der Waals surface area contributed by atoms with Gasteiger partial charge in [-0.05, 0) is 49.8 Å². The molecular weight excluding hydrogens is 506 g/mol. The number of halogens is 1. The smallest absolute Gasteiger partial charge is 0.250 e. The molecule has 0 aliphatic carbocycles. The highest BCUT2D eigenvalue weighted by atomic mass is 35.5. The molecule has 38 heavy (non-hydrogen) atoms. The fraction of sp³-hybridized carbons (Fsp3) is 0.483. The summed E-state index contributed by atoms with van der Waals surface area (Å²) in [6.07, 6.45) is 1.94. The van der Waals surface area contributed by atoms with Crippen molar-refractivity contribution < 1.29 is 24.2 Å². The molecule has 2 bridgehead atoms. The van der Waals surface area contributed by atoms with Crippen LogP contribution in [0.1, 0.15) is 43.7 Å². The van der Waals surface area contributed by atoms with Crippen LogP contribution in [-0.2, 0) is 25.7 Å². The Bertz CT molecular complexity index is 1220. The Balaban J connectivity index is 1.49. The number of benzene rings is 2. The molecule has 3 saturated heterocycles. The zero-order valence-corrected chi connectivity index (χ0v) is 22.5. The van der Waals surface area contributed by atoms with Gasteiger partial charge < -0.3 is 25.4 Å². The summed E-state index contributed by atoms with van der Waals surface area (Å²) in [7, 11) is 0. The van der Waals surface area contributed by atoms with Gasteiger partial charge in [-0.25, -0.2) is 0 Å². The predicted molar refractivity (Wildman–Crippen MR) is 143 cm³/mol. The molecule has 5 rings (SSSR count). The van der Waals surface area contributed by atoms with E-state index >= 15 is 0 Å². The quantitative estimate of drug-likeness (QED) is 0.452. The van der Waals surface area contributed by atoms with E-state index < -0.39 is 35.0 Å². The first-order valence-corrected chi connectivity index (χ1v) is 13.6. The number of anilines is 1. The number of aliphatic hydroxyl groups is 1. The molecule has 3 heterocycles. The fourth-order valence-electron chi connectivity index (χ4n) is 6.77. The maximum Gasteiger partial charge on any atom is 0.250 e. The van der Waals surface area contributed by atoms with Gasteiger partial charge in [-0.1, -0.05) is 61.0 Å². The summed E-state index contributed by atoms with van der Waals surface area (Å²) in [5.74, 6) is -2.40. The van der Waals surface area contributed by atoms with Crippen LogP contribution in [0, 0.1) is 18.8 Å². The van der Waals surface area contributed by atoms with Crippen LogP contribution in [0.2, 0.25) is 5.02 Å². The van der Waals surface area contributed by atoms with E-state index in [0.29, 0.717) is 42.9 Å². The molecule has 0 radical (unpaired) electrons. The molecule has 1 spiro atoms. The molecule has 202 valence electrons. The Morgan fingerprint density at radius 1 is 1.13 bits per heavy atom. The van der Waals surface area contributed by atoms with Gasteiger partial charge in [-0.15, -0.1) is 0 Å². The minimum absolute atomic E-state index is 0.125. The van der Waals surface area contributed by atoms with Gasteiger partial charge in [-0.3, -0.25) is 14.4 Å². The predicted octanol–water partition coefficient (Wildman–Crippen LogP) is 3.44. The molecule has 2 unspecified atom stereocenters. The number of carbonyl (C=O) groups excluding carboxylic acids is 3. The molecule has 3 amide bonds. The molecule has 0 saturated carbocycles. The maximum absolute atomic E-state index is 14.0. The van der Waals surface area contributed by atoms with E-state index in [1.54, 1.807) is 12.1 Å². The van der Waals surface area contributed by atoms with Crippen LogP contribution in [0.5, 0.6) is 0 Å². The second-order valence-corrected chi connectivity index (χ2v) is 11.0. The highest BCUT2D eigenvalue weighted by Crippen LogP contribution is 2.64. The first kappa shape index (κ1) is 26.7. The van der Waals surface area contributed by atoms with E-state index in [4.69, 9.17) is 16.3 Å². The van der Waals surface area contributed by atoms with Crippen molar-refractivity contribution in [2.75, 3.05) is 18.5 Å². The number of nitrogens with zero attached hydrogens (tertiary/aromatic N) is 1. The fourth-order valence-corrected chi connectivity index (χ4v) is 7.04. The molecule has 3 N–H and O–H groups in total. The molecule has 9 heteroatoms. The number of rotatable bonds is 9. The van der Waals surface area contributed by atoms with Crippen molar-refractivity contribution in [3.8, 4) is 0 Å². The Labute approximate surface area is 227 Å². The van der Waals surface area contributed by atoms with Crippen molar-refractivity contribution in [3.63, 3.8) is 0 Å². The van der Waals surface area contributed by atoms with Gasteiger partial charge in [0.15, 0.2) is 0 Å². The minimum atomic E-state index is -1.13. The van der Waals surface area contributed by atoms with Crippen LogP contribution < -0.4 is 10.6 Å². The first-order valence-electron chi connectivity index (χ1n) is 13.3. The molecule has 5 atom stereocenters. The topological polar surface area (TPSA) is 108 Å². The SMILES string of the molecule is CC[C@@]12CCC3(O1)C(C(=O)Nc1c(C)cccc1Cl)N(CCCO)C(=O)[C@@H]3[C@@H]2C(=O)NCc1ccccc1. The third-order valence-corrected chi connectivity index (χ3v) is 8.86. The Morgan fingerprint density at radius 3 is 2.58 bits per heavy atom. The highest BCUT2D eigenvalue weighted by molar-refractivity contribution is 6.34. The summed E-state index contributed by atoms with van der Waals surface area (Å²) in [5, 5.41) is 15.9. The number of aryl methyl sites for hydroxylation is 1. The second-order valence-electron chi connectivity index (χ2n) is 10.6. The zero-order chi connectivity index (χ0) is 27.1. The zero-order valence-electron chi connectivity index (χ0n) is 21.7. The van der Waals surface area contributed by atoms with E-state index in [2.05, 4.69) is 10.6 Å². The van der Waals surface area contributed by atoms with Gasteiger partial charge in [0.1, 0.15) is 11.6 Å². The number of likely N-dealkylation sites (tertiary alicyclic amines) is 1. The summed E-state index contributed by atoms with van der Waals surface area (Å²) in [5.41, 5.74) is 0.300. The number of nitrogens with one attached hydrogen (secondary N) is 2. The van der Waals surface area contributed by atoms with Crippen molar-refractivity contribution in [3.05, 3.63) is 64.7 Å². The lowest BCUT2D eigenvalue weighted by atomic mass is 9.65. The van der Waals surface area contributed by atoms with Crippen molar-refractivity contribution >= 4 is 35.0 Å². The summed E-state index contributed by atoms with van der Waals surface area (Å²) >= 11 is 6.40. The van der Waals surface area contributed by atoms with Crippen molar-refractivity contribution in [1.82, 2.24) is 10.2 Å². The molecule has 2 aromatic rings. The number of fused-ring (bicyclic) bond motifs is 1. The van der Waals surface area contributed by atoms with E-state index in [9.17, 15) is 19.5 Å². The summed E-state index contributed by atoms with van der Waals surface area (Å²) in [4.78, 5) is 43.2. The van der Waals surface area contributed by atoms with Gasteiger partial charge in [0.25, 0.3) is 0 Å². The third-order valence-electron chi connectivity index (χ3n) is 8.55. The van der Waals surface area contributed by atoms with Crippen molar-refractivity contribution in [1.29, 1.82) is 0 Å². The van der Waals surface area contributed by atoms with Gasteiger partial charge in [0.2, 0.25) is 17.7 Å². The summed E-state index contributed by atoms with van der Waals surface area (Å²) in [6, 6.07) is 14.0. The normalized spacial score (nSPS) is 29.4. The number of ether oxygens (including phenoxy) is 1. The largest absolute Gasteiger partial charge is 0.396 e. The van der Waals surface area contributed by atoms with E-state index in [1.165, 1.54) is 4.90 Å². The molecule has 3 aliphatic rings. The Kier molecular flexibility index (Phi) is 7.24. The van der Waals surface area contributed by atoms with Crippen LogP contribution in [0.25, 0.3) is 0 Å². The number of amides is 3. The van der Waals surface area contributed by atoms with Crippen molar-refractivity contribution in [2.45, 2.75) is 63.3 Å². The lowest BCUT2D eigenvalue weighted by Crippen LogP contribution is -2.53. The third kappa shape index (κ3) is 4.19. The molecule has 3 fully saturated rings. The molecule has 8 nitrogen and oxygen atoms in total. The summed E-state index contributed by atoms with van der Waals surface area (Å²) in [6.45, 7) is 4.22. The average Bonchev–Trinajstić information content (AvgIpc) is 3.52. The summed E-state index contributed by atoms with van der Waals surface area (Å²) < 4.78 is 6.74. The molecule has 3 aliphatic heterocycles. The average molecular weight is 540 g/mol. The minimum Gasteiger partial charge on any atom is -0.396 e. The lowest BCUT2D eigenvalue weighted by Gasteiger charge is -2.34. The number of para-hydroxylation sites is 1. The maximum atomic E-state index is 14.0. The first-order chi connectivity index (χ1) is 18.3. The van der Waals surface area contributed by atoms with E-state index in [0.717, 1.165) is 11.1 Å². The van der Waals surface area contributed by atoms with Gasteiger partial charge in [0, 0.05) is 19.7 Å². The van der Waals surface area contributed by atoms with Crippen LogP contribution in [0.4, 0.5) is 5.69 Å².